The van der Waals surface area contributed by atoms with Crippen LogP contribution < -0.4 is 10.2 Å². The van der Waals surface area contributed by atoms with Crippen LogP contribution in [0.1, 0.15) is 20.0 Å². The number of hydrogen-bond donors (Lipinski definition) is 2. The predicted octanol–water partition coefficient (Wildman–Crippen LogP) is 3.77. The summed E-state index contributed by atoms with van der Waals surface area (Å²) < 4.78 is 36.8. The Bertz CT molecular complexity index is 1170. The van der Waals surface area contributed by atoms with Crippen molar-refractivity contribution in [3.05, 3.63) is 64.6 Å². The maximum atomic E-state index is 12.9. The molecule has 34 heavy (non-hydrogen) atoms. The van der Waals surface area contributed by atoms with Gasteiger partial charge in [-0.25, -0.2) is 0 Å². The van der Waals surface area contributed by atoms with Gasteiger partial charge in [0.2, 0.25) is 0 Å². The molecule has 1 aromatic carbocycles. The first-order valence-electron chi connectivity index (χ1n) is 10.4. The quantitative estimate of drug-likeness (QED) is 0.569. The minimum Gasteiger partial charge on any atom is -0.506 e. The lowest BCUT2D eigenvalue weighted by molar-refractivity contribution is -0.123. The number of rotatable bonds is 5. The van der Waals surface area contributed by atoms with Gasteiger partial charge in [-0.05, 0) is 47.3 Å². The number of benzene rings is 1. The number of aromatic nitrogens is 1. The molecule has 1 saturated heterocycles. The summed E-state index contributed by atoms with van der Waals surface area (Å²) in [6, 6.07) is 9.74. The number of halogens is 3. The first-order chi connectivity index (χ1) is 16.2. The Kier molecular flexibility index (Phi) is 6.73. The molecule has 1 aliphatic rings. The van der Waals surface area contributed by atoms with Gasteiger partial charge in [-0.3, -0.25) is 14.6 Å². The van der Waals surface area contributed by atoms with E-state index < -0.39 is 18.6 Å². The number of thiophene rings is 1. The largest absolute Gasteiger partial charge is 0.506 e. The first kappa shape index (κ1) is 23.6. The zero-order valence-electron chi connectivity index (χ0n) is 17.9. The number of anilines is 1. The fourth-order valence-corrected chi connectivity index (χ4v) is 4.50. The van der Waals surface area contributed by atoms with Crippen LogP contribution in [-0.4, -0.2) is 65.7 Å². The second kappa shape index (κ2) is 9.72. The fourth-order valence-electron chi connectivity index (χ4n) is 3.62. The summed E-state index contributed by atoms with van der Waals surface area (Å²) in [5, 5.41) is 13.3. The molecule has 2 amide bonds. The Morgan fingerprint density at radius 1 is 1.03 bits per heavy atom. The molecule has 0 saturated carbocycles. The molecule has 0 atom stereocenters. The molecule has 2 aromatic heterocycles. The minimum atomic E-state index is -4.46. The number of hydrogen-bond acceptors (Lipinski definition) is 6. The zero-order chi connectivity index (χ0) is 24.3. The number of nitrogens with one attached hydrogen (secondary N) is 1. The highest BCUT2D eigenvalue weighted by Crippen LogP contribution is 2.28. The zero-order valence-corrected chi connectivity index (χ0v) is 18.7. The second-order valence-electron chi connectivity index (χ2n) is 7.76. The van der Waals surface area contributed by atoms with Crippen molar-refractivity contribution in [1.82, 2.24) is 15.2 Å². The molecule has 11 heteroatoms. The van der Waals surface area contributed by atoms with Gasteiger partial charge >= 0.3 is 6.18 Å². The maximum absolute atomic E-state index is 12.9. The van der Waals surface area contributed by atoms with E-state index in [1.54, 1.807) is 35.4 Å². The van der Waals surface area contributed by atoms with E-state index in [-0.39, 0.29) is 17.2 Å². The molecule has 4 rings (SSSR count). The third kappa shape index (κ3) is 5.66. The monoisotopic (exact) mass is 490 g/mol. The van der Waals surface area contributed by atoms with E-state index in [1.807, 2.05) is 10.7 Å². The van der Waals surface area contributed by atoms with Crippen LogP contribution in [0.3, 0.4) is 0 Å². The Labute approximate surface area is 197 Å². The second-order valence-corrected chi connectivity index (χ2v) is 8.67. The van der Waals surface area contributed by atoms with Crippen LogP contribution >= 0.6 is 11.3 Å². The average molecular weight is 491 g/mol. The third-order valence-electron chi connectivity index (χ3n) is 5.38. The Morgan fingerprint density at radius 2 is 1.74 bits per heavy atom. The van der Waals surface area contributed by atoms with Crippen LogP contribution in [0.4, 0.5) is 18.9 Å². The van der Waals surface area contributed by atoms with Gasteiger partial charge in [0.05, 0.1) is 11.1 Å². The molecule has 0 radical (unpaired) electrons. The molecule has 0 spiro atoms. The van der Waals surface area contributed by atoms with E-state index >= 15 is 0 Å². The van der Waals surface area contributed by atoms with Gasteiger partial charge in [0.25, 0.3) is 11.8 Å². The molecular weight excluding hydrogens is 469 g/mol. The van der Waals surface area contributed by atoms with Crippen LogP contribution in [0, 0.1) is 0 Å². The number of pyridine rings is 1. The van der Waals surface area contributed by atoms with E-state index in [2.05, 4.69) is 9.88 Å². The smallest absolute Gasteiger partial charge is 0.405 e. The summed E-state index contributed by atoms with van der Waals surface area (Å²) in [4.78, 5) is 33.2. The van der Waals surface area contributed by atoms with Crippen LogP contribution in [0.5, 0.6) is 5.75 Å². The predicted molar refractivity (Wildman–Crippen MR) is 122 cm³/mol. The van der Waals surface area contributed by atoms with Crippen molar-refractivity contribution in [2.75, 3.05) is 37.6 Å². The van der Waals surface area contributed by atoms with E-state index in [0.717, 1.165) is 16.8 Å². The van der Waals surface area contributed by atoms with Crippen molar-refractivity contribution in [3.63, 3.8) is 0 Å². The van der Waals surface area contributed by atoms with E-state index in [4.69, 9.17) is 0 Å². The number of piperazine rings is 1. The highest BCUT2D eigenvalue weighted by molar-refractivity contribution is 7.12. The Hall–Kier alpha value is -3.60. The van der Waals surface area contributed by atoms with E-state index in [0.29, 0.717) is 31.1 Å². The van der Waals surface area contributed by atoms with Crippen LogP contribution in [0.25, 0.3) is 11.1 Å². The van der Waals surface area contributed by atoms with E-state index in [1.165, 1.54) is 29.7 Å². The van der Waals surface area contributed by atoms with Crippen molar-refractivity contribution in [3.8, 4) is 16.9 Å². The number of aromatic hydroxyl groups is 1. The Balaban J connectivity index is 1.33. The van der Waals surface area contributed by atoms with Crippen molar-refractivity contribution in [2.45, 2.75) is 6.18 Å². The van der Waals surface area contributed by atoms with Gasteiger partial charge in [0.15, 0.2) is 0 Å². The molecule has 1 aliphatic heterocycles. The number of amides is 2. The van der Waals surface area contributed by atoms with Crippen LogP contribution in [0.2, 0.25) is 0 Å². The van der Waals surface area contributed by atoms with Crippen LogP contribution in [0.15, 0.2) is 54.2 Å². The van der Waals surface area contributed by atoms with Gasteiger partial charge in [-0.2, -0.15) is 13.2 Å². The topological polar surface area (TPSA) is 85.8 Å². The summed E-state index contributed by atoms with van der Waals surface area (Å²) >= 11 is 1.34. The average Bonchev–Trinajstić information content (AvgIpc) is 3.32. The van der Waals surface area contributed by atoms with Gasteiger partial charge in [0, 0.05) is 49.2 Å². The van der Waals surface area contributed by atoms with Gasteiger partial charge in [-0.15, -0.1) is 11.3 Å². The molecule has 0 unspecified atom stereocenters. The highest BCUT2D eigenvalue weighted by Gasteiger charge is 2.28. The summed E-state index contributed by atoms with van der Waals surface area (Å²) in [6.07, 6.45) is -1.49. The molecule has 0 aliphatic carbocycles. The fraction of sp³-hybridized carbons (Fsp3) is 0.261. The van der Waals surface area contributed by atoms with Gasteiger partial charge in [-0.1, -0.05) is 0 Å². The highest BCUT2D eigenvalue weighted by atomic mass is 32.1. The molecule has 178 valence electrons. The maximum Gasteiger partial charge on any atom is 0.405 e. The lowest BCUT2D eigenvalue weighted by atomic mass is 10.1. The van der Waals surface area contributed by atoms with E-state index in [9.17, 15) is 27.9 Å². The normalized spacial score (nSPS) is 14.2. The molecule has 3 heterocycles. The van der Waals surface area contributed by atoms with Gasteiger partial charge in [0.1, 0.15) is 12.3 Å². The molecular formula is C23H21F3N4O3S. The SMILES string of the molecule is O=C(NCC(F)(F)F)c1ccc(N2CCN(C(=O)c3cc(-c4cncc(O)c4)cs3)CC2)cc1. The number of carbonyl (C=O) groups is 2. The van der Waals surface area contributed by atoms with Crippen LogP contribution in [-0.2, 0) is 0 Å². The van der Waals surface area contributed by atoms with Crippen molar-refractivity contribution < 1.29 is 27.9 Å². The minimum absolute atomic E-state index is 0.0580. The van der Waals surface area contributed by atoms with Crippen molar-refractivity contribution in [1.29, 1.82) is 0 Å². The molecule has 0 bridgehead atoms. The lowest BCUT2D eigenvalue weighted by Crippen LogP contribution is -2.48. The third-order valence-corrected chi connectivity index (χ3v) is 6.30. The summed E-state index contributed by atoms with van der Waals surface area (Å²) in [7, 11) is 0. The molecule has 1 fully saturated rings. The summed E-state index contributed by atoms with van der Waals surface area (Å²) in [5.74, 6) is -0.792. The van der Waals surface area contributed by atoms with Crippen molar-refractivity contribution >= 4 is 28.8 Å². The number of carbonyl (C=O) groups excluding carboxylic acids is 2. The molecule has 7 nitrogen and oxygen atoms in total. The summed E-state index contributed by atoms with van der Waals surface area (Å²) in [6.45, 7) is 0.807. The number of nitrogens with zero attached hydrogens (tertiary/aromatic N) is 3. The standard InChI is InChI=1S/C23H21F3N4O3S/c24-23(25,26)14-28-21(32)15-1-3-18(4-2-15)29-5-7-30(8-6-29)22(33)20-10-17(13-34-20)16-9-19(31)12-27-11-16/h1-4,9-13,31H,5-8,14H2,(H,28,32). The Morgan fingerprint density at radius 3 is 2.38 bits per heavy atom. The van der Waals surface area contributed by atoms with Crippen molar-refractivity contribution in [2.24, 2.45) is 0 Å². The molecule has 2 N–H and O–H groups in total. The molecule has 3 aromatic rings. The first-order valence-corrected chi connectivity index (χ1v) is 11.3. The number of alkyl halides is 3. The lowest BCUT2D eigenvalue weighted by Gasteiger charge is -2.36. The van der Waals surface area contributed by atoms with Gasteiger partial charge < -0.3 is 20.2 Å². The summed E-state index contributed by atoms with van der Waals surface area (Å²) in [5.41, 5.74) is 2.52.